The third kappa shape index (κ3) is 4.75. The van der Waals surface area contributed by atoms with Crippen molar-refractivity contribution in [2.75, 3.05) is 5.75 Å². The van der Waals surface area contributed by atoms with Crippen LogP contribution in [0.3, 0.4) is 0 Å². The number of benzene rings is 3. The molecule has 0 aliphatic rings. The molecule has 5 rings (SSSR count). The summed E-state index contributed by atoms with van der Waals surface area (Å²) in [7, 11) is 0. The highest BCUT2D eigenvalue weighted by Gasteiger charge is 2.16. The lowest BCUT2D eigenvalue weighted by Crippen LogP contribution is -2.17. The summed E-state index contributed by atoms with van der Waals surface area (Å²) in [6, 6.07) is 27.7. The lowest BCUT2D eigenvalue weighted by atomic mass is 9.99. The van der Waals surface area contributed by atoms with Crippen molar-refractivity contribution in [2.24, 2.45) is 0 Å². The first-order valence-corrected chi connectivity index (χ1v) is 12.2. The summed E-state index contributed by atoms with van der Waals surface area (Å²) in [5, 5.41) is 10.6. The van der Waals surface area contributed by atoms with Crippen LogP contribution in [0.15, 0.2) is 94.7 Å². The number of halogens is 1. The molecule has 0 saturated carbocycles. The molecule has 0 spiro atoms. The molecule has 2 aromatic heterocycles. The van der Waals surface area contributed by atoms with Gasteiger partial charge in [0, 0.05) is 23.4 Å². The number of rotatable bonds is 7. The van der Waals surface area contributed by atoms with Crippen molar-refractivity contribution >= 4 is 22.8 Å². The maximum Gasteiger partial charge on any atom is 0.326 e. The normalized spacial score (nSPS) is 11.0. The molecule has 3 aromatic carbocycles. The molecular weight excluding hydrogens is 459 g/mol. The number of pyridine rings is 1. The molecule has 0 bridgehead atoms. The quantitative estimate of drug-likeness (QED) is 0.221. The van der Waals surface area contributed by atoms with Gasteiger partial charge in [0.05, 0.1) is 22.3 Å². The van der Waals surface area contributed by atoms with Gasteiger partial charge in [-0.05, 0) is 54.4 Å². The number of fused-ring (bicyclic) bond motifs is 1. The van der Waals surface area contributed by atoms with Crippen LogP contribution in [-0.4, -0.2) is 20.3 Å². The Kier molecular flexibility index (Phi) is 6.47. The molecule has 0 unspecified atom stereocenters. The Bertz CT molecular complexity index is 1580. The number of hydrogen-bond donors (Lipinski definition) is 1. The summed E-state index contributed by atoms with van der Waals surface area (Å²) in [5.74, 6) is 0.363. The summed E-state index contributed by atoms with van der Waals surface area (Å²) >= 11 is 1.49. The van der Waals surface area contributed by atoms with E-state index in [1.165, 1.54) is 23.9 Å². The fraction of sp³-hybridized carbons (Fsp3) is 0.107. The molecule has 5 nitrogen and oxygen atoms in total. The molecule has 0 fully saturated rings. The number of imidazole rings is 1. The second-order valence-electron chi connectivity index (χ2n) is 8.02. The fourth-order valence-corrected chi connectivity index (χ4v) is 5.00. The Labute approximate surface area is 205 Å². The number of aromatic amines is 1. The molecule has 0 atom stereocenters. The van der Waals surface area contributed by atoms with Gasteiger partial charge < -0.3 is 4.98 Å². The average molecular weight is 481 g/mol. The predicted octanol–water partition coefficient (Wildman–Crippen LogP) is 6.25. The van der Waals surface area contributed by atoms with Gasteiger partial charge in [0.15, 0.2) is 0 Å². The second kappa shape index (κ2) is 10.00. The zero-order chi connectivity index (χ0) is 24.2. The highest BCUT2D eigenvalue weighted by atomic mass is 32.2. The van der Waals surface area contributed by atoms with Crippen LogP contribution in [-0.2, 0) is 6.54 Å². The smallest absolute Gasteiger partial charge is 0.306 e. The van der Waals surface area contributed by atoms with Gasteiger partial charge in [0.25, 0.3) is 0 Å². The van der Waals surface area contributed by atoms with Crippen molar-refractivity contribution in [3.05, 3.63) is 107 Å². The molecule has 172 valence electrons. The van der Waals surface area contributed by atoms with Gasteiger partial charge in [-0.2, -0.15) is 5.26 Å². The summed E-state index contributed by atoms with van der Waals surface area (Å²) in [6.07, 6.45) is 0.723. The lowest BCUT2D eigenvalue weighted by molar-refractivity contribution is 0.628. The van der Waals surface area contributed by atoms with Gasteiger partial charge >= 0.3 is 5.69 Å². The number of nitrogens with one attached hydrogen (secondary N) is 1. The first-order valence-electron chi connectivity index (χ1n) is 11.2. The van der Waals surface area contributed by atoms with Gasteiger partial charge in [-0.1, -0.05) is 42.5 Å². The molecule has 0 amide bonds. The summed E-state index contributed by atoms with van der Waals surface area (Å²) in [5.41, 5.74) is 5.24. The Morgan fingerprint density at radius 1 is 0.971 bits per heavy atom. The van der Waals surface area contributed by atoms with E-state index < -0.39 is 0 Å². The van der Waals surface area contributed by atoms with E-state index in [-0.39, 0.29) is 11.5 Å². The molecular formula is C28H21FN4OS. The lowest BCUT2D eigenvalue weighted by Gasteiger charge is -2.13. The van der Waals surface area contributed by atoms with Crippen LogP contribution < -0.4 is 5.69 Å². The first-order chi connectivity index (χ1) is 17.1. The highest BCUT2D eigenvalue weighted by Crippen LogP contribution is 2.34. The highest BCUT2D eigenvalue weighted by molar-refractivity contribution is 7.99. The van der Waals surface area contributed by atoms with Gasteiger partial charge in [0.2, 0.25) is 0 Å². The molecule has 0 aliphatic heterocycles. The van der Waals surface area contributed by atoms with Crippen LogP contribution in [0.25, 0.3) is 33.4 Å². The van der Waals surface area contributed by atoms with Crippen LogP contribution in [0.2, 0.25) is 0 Å². The van der Waals surface area contributed by atoms with Gasteiger partial charge in [0.1, 0.15) is 16.9 Å². The van der Waals surface area contributed by atoms with Crippen molar-refractivity contribution < 1.29 is 4.39 Å². The van der Waals surface area contributed by atoms with Crippen LogP contribution >= 0.6 is 11.8 Å². The van der Waals surface area contributed by atoms with Gasteiger partial charge in [-0.25, -0.2) is 14.2 Å². The van der Waals surface area contributed by atoms with E-state index in [1.54, 1.807) is 16.7 Å². The minimum Gasteiger partial charge on any atom is -0.306 e. The molecule has 2 heterocycles. The average Bonchev–Trinajstić information content (AvgIpc) is 3.21. The number of hydrogen-bond acceptors (Lipinski definition) is 4. The topological polar surface area (TPSA) is 74.5 Å². The molecule has 0 saturated heterocycles. The summed E-state index contributed by atoms with van der Waals surface area (Å²) < 4.78 is 15.2. The van der Waals surface area contributed by atoms with E-state index in [4.69, 9.17) is 4.98 Å². The third-order valence-corrected chi connectivity index (χ3v) is 6.83. The van der Waals surface area contributed by atoms with Gasteiger partial charge in [-0.3, -0.25) is 4.57 Å². The zero-order valence-corrected chi connectivity index (χ0v) is 19.6. The van der Waals surface area contributed by atoms with Crippen molar-refractivity contribution in [2.45, 2.75) is 18.0 Å². The van der Waals surface area contributed by atoms with E-state index in [0.29, 0.717) is 28.6 Å². The Morgan fingerprint density at radius 3 is 2.49 bits per heavy atom. The predicted molar refractivity (Wildman–Crippen MR) is 138 cm³/mol. The fourth-order valence-electron chi connectivity index (χ4n) is 4.07. The first kappa shape index (κ1) is 22.6. The minimum atomic E-state index is -0.312. The van der Waals surface area contributed by atoms with Crippen molar-refractivity contribution in [3.63, 3.8) is 0 Å². The van der Waals surface area contributed by atoms with E-state index in [1.807, 2.05) is 60.7 Å². The number of H-pyrrole nitrogens is 1. The maximum absolute atomic E-state index is 13.5. The minimum absolute atomic E-state index is 0.128. The van der Waals surface area contributed by atoms with Crippen LogP contribution in [0, 0.1) is 17.1 Å². The van der Waals surface area contributed by atoms with E-state index >= 15 is 0 Å². The molecule has 0 aliphatic carbocycles. The number of thioether (sulfide) groups is 1. The molecule has 7 heteroatoms. The SMILES string of the molecule is N#Cc1c(-c2ccccc2)cc(-c2ccc(F)cc2)nc1SCCCn1c(=O)[nH]c2ccccc21. The number of para-hydroxylation sites is 2. The molecule has 0 radical (unpaired) electrons. The maximum atomic E-state index is 13.5. The number of nitriles is 1. The Morgan fingerprint density at radius 2 is 1.71 bits per heavy atom. The van der Waals surface area contributed by atoms with Gasteiger partial charge in [-0.15, -0.1) is 11.8 Å². The molecule has 35 heavy (non-hydrogen) atoms. The number of nitrogens with zero attached hydrogens (tertiary/aromatic N) is 3. The van der Waals surface area contributed by atoms with E-state index in [0.717, 1.165) is 34.1 Å². The largest absolute Gasteiger partial charge is 0.326 e. The van der Waals surface area contributed by atoms with E-state index in [2.05, 4.69) is 11.1 Å². The monoisotopic (exact) mass is 480 g/mol. The molecule has 1 N–H and O–H groups in total. The standard InChI is InChI=1S/C28H21FN4OS/c29-21-13-11-20(12-14-21)25-17-22(19-7-2-1-3-8-19)23(18-30)27(31-25)35-16-6-15-33-26-10-5-4-9-24(26)32-28(33)34/h1-5,7-14,17H,6,15-16H2,(H,32,34). The second-order valence-corrected chi connectivity index (χ2v) is 9.10. The van der Waals surface area contributed by atoms with E-state index in [9.17, 15) is 14.4 Å². The van der Waals surface area contributed by atoms with Crippen molar-refractivity contribution in [1.82, 2.24) is 14.5 Å². The summed E-state index contributed by atoms with van der Waals surface area (Å²) in [6.45, 7) is 0.556. The summed E-state index contributed by atoms with van der Waals surface area (Å²) in [4.78, 5) is 20.0. The Hall–Kier alpha value is -4.15. The zero-order valence-electron chi connectivity index (χ0n) is 18.7. The van der Waals surface area contributed by atoms with Crippen molar-refractivity contribution in [1.29, 1.82) is 5.26 Å². The van der Waals surface area contributed by atoms with Crippen molar-refractivity contribution in [3.8, 4) is 28.5 Å². The molecule has 5 aromatic rings. The Balaban J connectivity index is 1.44. The van der Waals surface area contributed by atoms with Crippen LogP contribution in [0.5, 0.6) is 0 Å². The third-order valence-electron chi connectivity index (χ3n) is 5.77. The van der Waals surface area contributed by atoms with Crippen LogP contribution in [0.4, 0.5) is 4.39 Å². The number of aryl methyl sites for hydroxylation is 1. The van der Waals surface area contributed by atoms with Crippen LogP contribution in [0.1, 0.15) is 12.0 Å². The number of aromatic nitrogens is 3.